The van der Waals surface area contributed by atoms with Crippen LogP contribution in [0.4, 0.5) is 4.39 Å². The number of carbonyl (C=O) groups excluding carboxylic acids is 1. The van der Waals surface area contributed by atoms with Crippen LogP contribution in [0, 0.1) is 5.82 Å². The second-order valence-electron chi connectivity index (χ2n) is 4.00. The van der Waals surface area contributed by atoms with E-state index in [1.54, 1.807) is 14.1 Å². The molecule has 0 saturated carbocycles. The molecule has 1 aromatic carbocycles. The number of amides is 1. The van der Waals surface area contributed by atoms with E-state index in [1.807, 2.05) is 0 Å². The van der Waals surface area contributed by atoms with Crippen molar-refractivity contribution in [2.75, 3.05) is 14.1 Å². The number of likely N-dealkylation sites (N-methyl/N-ethyl adjacent to an activating group) is 1. The second-order valence-corrected chi connectivity index (χ2v) is 4.77. The molecule has 108 valence electrons. The highest BCUT2D eigenvalue weighted by molar-refractivity contribution is 7.32. The molecule has 0 heterocycles. The van der Waals surface area contributed by atoms with Crippen LogP contribution in [0.15, 0.2) is 42.7 Å². The standard InChI is InChI=1S/C13H15FNO4P/c1-15(2)13(16)12(4-3-9-19-20(17)18)10-5-7-11(14)8-6-10/h3-9,20H,1-2H3,(H,17,18)/b9-3+,12-4-. The Morgan fingerprint density at radius 3 is 2.45 bits per heavy atom. The van der Waals surface area contributed by atoms with Gasteiger partial charge in [0.25, 0.3) is 5.91 Å². The van der Waals surface area contributed by atoms with Crippen LogP contribution in [0.1, 0.15) is 5.56 Å². The number of carbonyl (C=O) groups is 1. The fourth-order valence-electron chi connectivity index (χ4n) is 1.39. The summed E-state index contributed by atoms with van der Waals surface area (Å²) in [5, 5.41) is 0. The Kier molecular flexibility index (Phi) is 6.15. The molecule has 0 aromatic heterocycles. The summed E-state index contributed by atoms with van der Waals surface area (Å²) < 4.78 is 27.6. The van der Waals surface area contributed by atoms with Crippen molar-refractivity contribution < 1.29 is 23.2 Å². The summed E-state index contributed by atoms with van der Waals surface area (Å²) in [6, 6.07) is 5.45. The van der Waals surface area contributed by atoms with Crippen LogP contribution >= 0.6 is 8.25 Å². The summed E-state index contributed by atoms with van der Waals surface area (Å²) >= 11 is 0. The number of allylic oxidation sites excluding steroid dienone is 2. The van der Waals surface area contributed by atoms with E-state index in [4.69, 9.17) is 4.89 Å². The molecular formula is C13H15FNO4P. The molecule has 1 N–H and O–H groups in total. The van der Waals surface area contributed by atoms with E-state index in [9.17, 15) is 13.8 Å². The molecule has 0 saturated heterocycles. The first-order chi connectivity index (χ1) is 9.41. The quantitative estimate of drug-likeness (QED) is 0.392. The lowest BCUT2D eigenvalue weighted by molar-refractivity contribution is -0.122. The van der Waals surface area contributed by atoms with Crippen LogP contribution < -0.4 is 0 Å². The summed E-state index contributed by atoms with van der Waals surface area (Å²) in [5.74, 6) is -0.680. The molecule has 0 bridgehead atoms. The molecule has 0 aliphatic rings. The van der Waals surface area contributed by atoms with Gasteiger partial charge in [-0.2, -0.15) is 0 Å². The summed E-state index contributed by atoms with van der Waals surface area (Å²) in [5.41, 5.74) is 0.846. The van der Waals surface area contributed by atoms with Gasteiger partial charge in [-0.25, -0.2) is 8.96 Å². The van der Waals surface area contributed by atoms with Gasteiger partial charge in [0.1, 0.15) is 5.82 Å². The van der Waals surface area contributed by atoms with E-state index in [-0.39, 0.29) is 5.91 Å². The van der Waals surface area contributed by atoms with Crippen LogP contribution in [0.25, 0.3) is 5.57 Å². The molecule has 5 nitrogen and oxygen atoms in total. The van der Waals surface area contributed by atoms with Gasteiger partial charge in [-0.15, -0.1) is 0 Å². The minimum atomic E-state index is -3.05. The Hall–Kier alpha value is -1.91. The zero-order chi connectivity index (χ0) is 15.1. The maximum Gasteiger partial charge on any atom is 0.364 e. The van der Waals surface area contributed by atoms with Gasteiger partial charge in [0.15, 0.2) is 0 Å². The third-order valence-electron chi connectivity index (χ3n) is 2.30. The normalized spacial score (nSPS) is 13.3. The van der Waals surface area contributed by atoms with Gasteiger partial charge in [-0.1, -0.05) is 12.1 Å². The average Bonchev–Trinajstić information content (AvgIpc) is 2.39. The van der Waals surface area contributed by atoms with E-state index in [0.717, 1.165) is 6.26 Å². The molecule has 0 fully saturated rings. The lowest BCUT2D eigenvalue weighted by Gasteiger charge is -2.13. The van der Waals surface area contributed by atoms with E-state index in [0.29, 0.717) is 11.1 Å². The lowest BCUT2D eigenvalue weighted by atomic mass is 10.0. The summed E-state index contributed by atoms with van der Waals surface area (Å²) in [7, 11) is 0.130. The first kappa shape index (κ1) is 16.1. The molecular weight excluding hydrogens is 284 g/mol. The molecule has 1 aromatic rings. The van der Waals surface area contributed by atoms with Gasteiger partial charge >= 0.3 is 8.25 Å². The molecule has 0 radical (unpaired) electrons. The van der Waals surface area contributed by atoms with Gasteiger partial charge in [0.2, 0.25) is 0 Å². The van der Waals surface area contributed by atoms with Crippen LogP contribution in [0.3, 0.4) is 0 Å². The molecule has 1 amide bonds. The van der Waals surface area contributed by atoms with Gasteiger partial charge in [-0.3, -0.25) is 4.79 Å². The zero-order valence-corrected chi connectivity index (χ0v) is 12.0. The topological polar surface area (TPSA) is 66.8 Å². The van der Waals surface area contributed by atoms with Crippen molar-refractivity contribution in [3.63, 3.8) is 0 Å². The largest absolute Gasteiger partial charge is 0.434 e. The minimum Gasteiger partial charge on any atom is -0.434 e. The maximum atomic E-state index is 12.9. The molecule has 0 aliphatic heterocycles. The van der Waals surface area contributed by atoms with Crippen molar-refractivity contribution in [3.8, 4) is 0 Å². The summed E-state index contributed by atoms with van der Waals surface area (Å²) in [4.78, 5) is 21.9. The highest BCUT2D eigenvalue weighted by Gasteiger charge is 2.13. The van der Waals surface area contributed by atoms with Crippen molar-refractivity contribution in [2.24, 2.45) is 0 Å². The third-order valence-corrected chi connectivity index (χ3v) is 2.64. The molecule has 20 heavy (non-hydrogen) atoms. The highest BCUT2D eigenvalue weighted by Crippen LogP contribution is 2.18. The predicted molar refractivity (Wildman–Crippen MR) is 74.5 cm³/mol. The first-order valence-electron chi connectivity index (χ1n) is 5.66. The molecule has 0 spiro atoms. The van der Waals surface area contributed by atoms with Gasteiger partial charge in [-0.05, 0) is 29.8 Å². The number of hydrogen-bond acceptors (Lipinski definition) is 3. The van der Waals surface area contributed by atoms with Crippen molar-refractivity contribution in [1.82, 2.24) is 4.90 Å². The van der Waals surface area contributed by atoms with Crippen molar-refractivity contribution >= 4 is 19.7 Å². The van der Waals surface area contributed by atoms with Crippen molar-refractivity contribution in [3.05, 3.63) is 54.1 Å². The predicted octanol–water partition coefficient (Wildman–Crippen LogP) is 2.21. The van der Waals surface area contributed by atoms with Crippen LogP contribution in [0.2, 0.25) is 0 Å². The molecule has 1 rings (SSSR count). The number of benzene rings is 1. The van der Waals surface area contributed by atoms with E-state index in [2.05, 4.69) is 4.52 Å². The minimum absolute atomic E-state index is 0.280. The number of halogens is 1. The van der Waals surface area contributed by atoms with Crippen molar-refractivity contribution in [2.45, 2.75) is 0 Å². The Balaban J connectivity index is 3.05. The second kappa shape index (κ2) is 7.62. The number of rotatable bonds is 5. The Morgan fingerprint density at radius 1 is 1.35 bits per heavy atom. The van der Waals surface area contributed by atoms with Gasteiger partial charge in [0, 0.05) is 19.7 Å². The molecule has 0 aliphatic carbocycles. The first-order valence-corrected chi connectivity index (χ1v) is 6.92. The molecule has 1 unspecified atom stereocenters. The Morgan fingerprint density at radius 2 is 1.95 bits per heavy atom. The van der Waals surface area contributed by atoms with Crippen LogP contribution in [-0.2, 0) is 13.9 Å². The van der Waals surface area contributed by atoms with Crippen LogP contribution in [0.5, 0.6) is 0 Å². The maximum absolute atomic E-state index is 12.9. The molecule has 7 heteroatoms. The van der Waals surface area contributed by atoms with E-state index >= 15 is 0 Å². The number of hydrogen-bond donors (Lipinski definition) is 1. The Bertz CT molecular complexity index is 552. The van der Waals surface area contributed by atoms with E-state index < -0.39 is 14.1 Å². The number of nitrogens with zero attached hydrogens (tertiary/aromatic N) is 1. The Labute approximate surface area is 116 Å². The fraction of sp³-hybridized carbons (Fsp3) is 0.154. The van der Waals surface area contributed by atoms with Gasteiger partial charge in [0.05, 0.1) is 6.26 Å². The van der Waals surface area contributed by atoms with Crippen LogP contribution in [-0.4, -0.2) is 29.8 Å². The highest BCUT2D eigenvalue weighted by atomic mass is 31.1. The monoisotopic (exact) mass is 299 g/mol. The van der Waals surface area contributed by atoms with Crippen molar-refractivity contribution in [1.29, 1.82) is 0 Å². The fourth-order valence-corrected chi connectivity index (χ4v) is 1.59. The smallest absolute Gasteiger partial charge is 0.364 e. The average molecular weight is 299 g/mol. The SMILES string of the molecule is CN(C)C(=O)/C(=C\C=C\O[PH](=O)O)c1ccc(F)cc1. The molecule has 1 atom stereocenters. The van der Waals surface area contributed by atoms with E-state index in [1.165, 1.54) is 41.3 Å². The summed E-state index contributed by atoms with van der Waals surface area (Å²) in [6.07, 6.45) is 3.78. The zero-order valence-electron chi connectivity index (χ0n) is 11.0. The lowest BCUT2D eigenvalue weighted by Crippen LogP contribution is -2.22. The summed E-state index contributed by atoms with van der Waals surface area (Å²) in [6.45, 7) is 0. The third kappa shape index (κ3) is 4.99. The van der Waals surface area contributed by atoms with Gasteiger partial charge < -0.3 is 14.3 Å².